The molecule has 204 valence electrons. The first-order valence-corrected chi connectivity index (χ1v) is 12.0. The van der Waals surface area contributed by atoms with Crippen molar-refractivity contribution >= 4 is 22.8 Å². The Bertz CT molecular complexity index is 1350. The van der Waals surface area contributed by atoms with Crippen LogP contribution in [0.5, 0.6) is 0 Å². The van der Waals surface area contributed by atoms with E-state index >= 15 is 0 Å². The van der Waals surface area contributed by atoms with Crippen LogP contribution < -0.4 is 10.6 Å². The van der Waals surface area contributed by atoms with Gasteiger partial charge in [0, 0.05) is 60.0 Å². The molecule has 1 aromatic carbocycles. The number of aromatic amines is 1. The summed E-state index contributed by atoms with van der Waals surface area (Å²) in [5, 5.41) is 16.5. The number of piperidine rings is 1. The van der Waals surface area contributed by atoms with Crippen LogP contribution in [-0.4, -0.2) is 74.9 Å². The molecule has 8 nitrogen and oxygen atoms in total. The van der Waals surface area contributed by atoms with Crippen LogP contribution in [0.15, 0.2) is 30.6 Å². The smallest absolute Gasteiger partial charge is 0.379 e. The first kappa shape index (κ1) is 26.2. The molecule has 4 N–H and O–H groups in total. The number of nitrogens with zero attached hydrogens (tertiary/aromatic N) is 3. The highest BCUT2D eigenvalue weighted by Gasteiger charge is 2.57. The van der Waals surface area contributed by atoms with Crippen LogP contribution in [-0.2, 0) is 6.18 Å². The number of rotatable bonds is 4. The van der Waals surface area contributed by atoms with Gasteiger partial charge in [-0.1, -0.05) is 6.07 Å². The van der Waals surface area contributed by atoms with Crippen molar-refractivity contribution in [3.8, 4) is 11.3 Å². The highest BCUT2D eigenvalue weighted by molar-refractivity contribution is 6.02. The number of anilines is 1. The number of likely N-dealkylation sites (tertiary alicyclic amines) is 1. The van der Waals surface area contributed by atoms with Crippen LogP contribution in [0, 0.1) is 0 Å². The molecular weight excluding hydrogens is 518 g/mol. The first-order valence-electron chi connectivity index (χ1n) is 12.0. The number of nitrogens with one attached hydrogen (secondary N) is 3. The number of carbonyl (C=O) groups excluding carboxylic acids is 1. The number of β-amino-alcohol motifs (C(OH)–C–C–N with tert-alkyl or cyclic N) is 1. The summed E-state index contributed by atoms with van der Waals surface area (Å²) in [7, 11) is 0. The fourth-order valence-corrected chi connectivity index (χ4v) is 4.86. The topological polar surface area (TPSA) is 106 Å². The van der Waals surface area contributed by atoms with Gasteiger partial charge in [-0.3, -0.25) is 4.79 Å². The Morgan fingerprint density at radius 3 is 2.66 bits per heavy atom. The summed E-state index contributed by atoms with van der Waals surface area (Å²) in [5.41, 5.74) is -3.90. The van der Waals surface area contributed by atoms with E-state index < -0.39 is 42.4 Å². The summed E-state index contributed by atoms with van der Waals surface area (Å²) in [6.45, 7) is 0.301. The number of aromatic nitrogens is 3. The van der Waals surface area contributed by atoms with E-state index in [1.807, 2.05) is 0 Å². The fourth-order valence-electron chi connectivity index (χ4n) is 4.86. The van der Waals surface area contributed by atoms with Gasteiger partial charge in [-0.15, -0.1) is 0 Å². The zero-order valence-electron chi connectivity index (χ0n) is 19.9. The number of alkyl halides is 6. The van der Waals surface area contributed by atoms with E-state index in [9.17, 15) is 36.2 Å². The molecular formula is C24H24F6N6O2. The van der Waals surface area contributed by atoms with Crippen molar-refractivity contribution in [2.45, 2.75) is 43.3 Å². The monoisotopic (exact) mass is 542 g/mol. The molecule has 2 aliphatic heterocycles. The highest BCUT2D eigenvalue weighted by Crippen LogP contribution is 2.40. The van der Waals surface area contributed by atoms with E-state index in [-0.39, 0.29) is 35.4 Å². The molecule has 0 saturated carbocycles. The van der Waals surface area contributed by atoms with E-state index in [0.29, 0.717) is 17.4 Å². The SMILES string of the molecule is O=C(c1ccc2c(-c3nc(N[C@H]4CCCNC4)ncc3C(F)(F)F)c[nH]c2c1)N1CC[C@](O)(C(F)(F)F)C1. The van der Waals surface area contributed by atoms with Crippen molar-refractivity contribution in [3.05, 3.63) is 41.7 Å². The van der Waals surface area contributed by atoms with Crippen LogP contribution in [0.2, 0.25) is 0 Å². The third-order valence-corrected chi connectivity index (χ3v) is 6.97. The maximum atomic E-state index is 13.8. The zero-order chi connectivity index (χ0) is 27.3. The molecule has 3 aromatic rings. The normalized spacial score (nSPS) is 22.7. The Hall–Kier alpha value is -3.39. The predicted molar refractivity (Wildman–Crippen MR) is 125 cm³/mol. The molecule has 0 spiro atoms. The summed E-state index contributed by atoms with van der Waals surface area (Å²) in [4.78, 5) is 24.6. The Morgan fingerprint density at radius 1 is 1.21 bits per heavy atom. The Labute approximate surface area is 212 Å². The third kappa shape index (κ3) is 4.89. The lowest BCUT2D eigenvalue weighted by Crippen LogP contribution is -2.48. The maximum Gasteiger partial charge on any atom is 0.419 e. The molecule has 5 rings (SSSR count). The summed E-state index contributed by atoms with van der Waals surface area (Å²) < 4.78 is 81.0. The zero-order valence-corrected chi connectivity index (χ0v) is 19.9. The van der Waals surface area contributed by atoms with Gasteiger partial charge in [0.05, 0.1) is 12.2 Å². The fraction of sp³-hybridized carbons (Fsp3) is 0.458. The summed E-state index contributed by atoms with van der Waals surface area (Å²) in [5.74, 6) is -0.678. The maximum absolute atomic E-state index is 13.8. The average molecular weight is 542 g/mol. The van der Waals surface area contributed by atoms with Crippen molar-refractivity contribution in [3.63, 3.8) is 0 Å². The van der Waals surface area contributed by atoms with Crippen molar-refractivity contribution in [1.29, 1.82) is 0 Å². The molecule has 0 bridgehead atoms. The molecule has 2 fully saturated rings. The van der Waals surface area contributed by atoms with E-state index in [0.717, 1.165) is 30.5 Å². The van der Waals surface area contributed by atoms with Crippen LogP contribution in [0.4, 0.5) is 32.3 Å². The summed E-state index contributed by atoms with van der Waals surface area (Å²) in [6, 6.07) is 4.06. The minimum atomic E-state index is -4.88. The van der Waals surface area contributed by atoms with Gasteiger partial charge < -0.3 is 25.6 Å². The summed E-state index contributed by atoms with van der Waals surface area (Å²) >= 11 is 0. The third-order valence-electron chi connectivity index (χ3n) is 6.97. The molecule has 0 aliphatic carbocycles. The molecule has 14 heteroatoms. The standard InChI is InChI=1S/C24H24F6N6O2/c25-23(26,27)17-11-33-21(34-14-2-1-6-31-9-14)35-19(17)16-10-32-18-8-13(3-4-15(16)18)20(37)36-7-5-22(38,12-36)24(28,29)30/h3-4,8,10-11,14,31-32,38H,1-2,5-7,9,12H2,(H,33,34,35)/t14-,22+/m0/s1. The lowest BCUT2D eigenvalue weighted by Gasteiger charge is -2.25. The second-order valence-electron chi connectivity index (χ2n) is 9.61. The predicted octanol–water partition coefficient (Wildman–Crippen LogP) is 3.95. The van der Waals surface area contributed by atoms with Crippen LogP contribution in [0.1, 0.15) is 35.2 Å². The first-order chi connectivity index (χ1) is 17.9. The van der Waals surface area contributed by atoms with Gasteiger partial charge in [-0.2, -0.15) is 26.3 Å². The number of hydrogen-bond donors (Lipinski definition) is 4. The molecule has 1 amide bonds. The van der Waals surface area contributed by atoms with Crippen LogP contribution >= 0.6 is 0 Å². The van der Waals surface area contributed by atoms with Crippen molar-refractivity contribution in [1.82, 2.24) is 25.2 Å². The van der Waals surface area contributed by atoms with Crippen molar-refractivity contribution in [2.24, 2.45) is 0 Å². The minimum Gasteiger partial charge on any atom is -0.379 e. The quantitative estimate of drug-likeness (QED) is 0.372. The Morgan fingerprint density at radius 2 is 2.00 bits per heavy atom. The highest BCUT2D eigenvalue weighted by atomic mass is 19.4. The number of benzene rings is 1. The second kappa shape index (κ2) is 9.42. The van der Waals surface area contributed by atoms with Gasteiger partial charge in [-0.25, -0.2) is 9.97 Å². The van der Waals surface area contributed by atoms with Gasteiger partial charge in [0.2, 0.25) is 5.95 Å². The summed E-state index contributed by atoms with van der Waals surface area (Å²) in [6.07, 6.45) is -6.47. The van der Waals surface area contributed by atoms with Gasteiger partial charge in [0.1, 0.15) is 5.56 Å². The molecule has 0 unspecified atom stereocenters. The van der Waals surface area contributed by atoms with Crippen LogP contribution in [0.3, 0.4) is 0 Å². The molecule has 38 heavy (non-hydrogen) atoms. The van der Waals surface area contributed by atoms with Crippen LogP contribution in [0.25, 0.3) is 22.2 Å². The lowest BCUT2D eigenvalue weighted by atomic mass is 10.0. The number of aliphatic hydroxyl groups is 1. The lowest BCUT2D eigenvalue weighted by molar-refractivity contribution is -0.253. The van der Waals surface area contributed by atoms with E-state index in [4.69, 9.17) is 0 Å². The number of halogens is 6. The molecule has 2 aliphatic rings. The number of fused-ring (bicyclic) bond motifs is 1. The average Bonchev–Trinajstić information content (AvgIpc) is 3.47. The molecule has 2 saturated heterocycles. The Kier molecular flexibility index (Phi) is 6.50. The van der Waals surface area contributed by atoms with E-state index in [2.05, 4.69) is 25.6 Å². The van der Waals surface area contributed by atoms with E-state index in [1.54, 1.807) is 0 Å². The van der Waals surface area contributed by atoms with E-state index in [1.165, 1.54) is 24.4 Å². The molecule has 4 heterocycles. The largest absolute Gasteiger partial charge is 0.419 e. The number of carbonyl (C=O) groups is 1. The molecule has 2 atom stereocenters. The minimum absolute atomic E-state index is 0.0308. The van der Waals surface area contributed by atoms with Gasteiger partial charge >= 0.3 is 12.4 Å². The number of H-pyrrole nitrogens is 1. The van der Waals surface area contributed by atoms with Gasteiger partial charge in [-0.05, 0) is 31.5 Å². The Balaban J connectivity index is 1.45. The molecule has 0 radical (unpaired) electrons. The van der Waals surface area contributed by atoms with Crippen molar-refractivity contribution in [2.75, 3.05) is 31.5 Å². The van der Waals surface area contributed by atoms with Gasteiger partial charge in [0.15, 0.2) is 5.60 Å². The van der Waals surface area contributed by atoms with Gasteiger partial charge in [0.25, 0.3) is 5.91 Å². The van der Waals surface area contributed by atoms with Crippen molar-refractivity contribution < 1.29 is 36.2 Å². The number of amides is 1. The second-order valence-corrected chi connectivity index (χ2v) is 9.61. The molecule has 2 aromatic heterocycles. The number of hydrogen-bond acceptors (Lipinski definition) is 6.